The van der Waals surface area contributed by atoms with Crippen LogP contribution >= 0.6 is 11.3 Å². The van der Waals surface area contributed by atoms with Crippen LogP contribution in [0.5, 0.6) is 0 Å². The Hall–Kier alpha value is -2.97. The summed E-state index contributed by atoms with van der Waals surface area (Å²) in [6.45, 7) is 2.35. The lowest BCUT2D eigenvalue weighted by molar-refractivity contribution is -0.145. The van der Waals surface area contributed by atoms with Crippen molar-refractivity contribution in [1.82, 2.24) is 15.2 Å². The Labute approximate surface area is 197 Å². The number of nitrogens with zero attached hydrogens (tertiary/aromatic N) is 3. The third-order valence-corrected chi connectivity index (χ3v) is 7.94. The molecule has 0 spiro atoms. The SMILES string of the molecule is CN(C)C1CN(c2ccc3nc(CNC(=O)C4(CC(=O)O)Cc5ccccc5C4)sc3c2)C1. The highest BCUT2D eigenvalue weighted by molar-refractivity contribution is 7.18. The maximum atomic E-state index is 13.2. The smallest absolute Gasteiger partial charge is 0.304 e. The van der Waals surface area contributed by atoms with Crippen LogP contribution in [0.15, 0.2) is 42.5 Å². The van der Waals surface area contributed by atoms with Gasteiger partial charge in [-0.1, -0.05) is 24.3 Å². The van der Waals surface area contributed by atoms with E-state index in [2.05, 4.69) is 46.3 Å². The zero-order valence-electron chi connectivity index (χ0n) is 18.9. The average molecular weight is 465 g/mol. The van der Waals surface area contributed by atoms with Gasteiger partial charge >= 0.3 is 5.97 Å². The van der Waals surface area contributed by atoms with E-state index in [0.717, 1.165) is 39.4 Å². The monoisotopic (exact) mass is 464 g/mol. The largest absolute Gasteiger partial charge is 0.481 e. The predicted octanol–water partition coefficient (Wildman–Crippen LogP) is 2.92. The Bertz CT molecular complexity index is 1190. The molecule has 0 bridgehead atoms. The van der Waals surface area contributed by atoms with Gasteiger partial charge in [0.2, 0.25) is 5.91 Å². The number of aliphatic carboxylic acids is 1. The third-order valence-electron chi connectivity index (χ3n) is 6.92. The van der Waals surface area contributed by atoms with E-state index < -0.39 is 11.4 Å². The number of hydrogen-bond donors (Lipinski definition) is 2. The number of fused-ring (bicyclic) bond motifs is 2. The molecule has 0 unspecified atom stereocenters. The highest BCUT2D eigenvalue weighted by Gasteiger charge is 2.45. The number of anilines is 1. The van der Waals surface area contributed by atoms with Gasteiger partial charge in [-0.3, -0.25) is 9.59 Å². The second kappa shape index (κ2) is 8.43. The number of likely N-dealkylation sites (N-methyl/N-ethyl adjacent to an activating group) is 1. The summed E-state index contributed by atoms with van der Waals surface area (Å²) < 4.78 is 1.10. The van der Waals surface area contributed by atoms with E-state index in [4.69, 9.17) is 0 Å². The first kappa shape index (κ1) is 21.9. The minimum Gasteiger partial charge on any atom is -0.481 e. The molecule has 1 aliphatic carbocycles. The molecule has 7 nitrogen and oxygen atoms in total. The number of carbonyl (C=O) groups excluding carboxylic acids is 1. The van der Waals surface area contributed by atoms with Crippen LogP contribution in [0.3, 0.4) is 0 Å². The summed E-state index contributed by atoms with van der Waals surface area (Å²) in [5.41, 5.74) is 3.29. The maximum Gasteiger partial charge on any atom is 0.304 e. The number of aromatic nitrogens is 1. The zero-order valence-corrected chi connectivity index (χ0v) is 19.7. The Balaban J connectivity index is 1.28. The van der Waals surface area contributed by atoms with Crippen LogP contribution in [0.25, 0.3) is 10.2 Å². The summed E-state index contributed by atoms with van der Waals surface area (Å²) in [6, 6.07) is 14.7. The van der Waals surface area contributed by atoms with Crippen molar-refractivity contribution in [2.24, 2.45) is 5.41 Å². The molecule has 2 aliphatic rings. The van der Waals surface area contributed by atoms with Gasteiger partial charge in [-0.15, -0.1) is 11.3 Å². The van der Waals surface area contributed by atoms with Gasteiger partial charge in [0.1, 0.15) is 5.01 Å². The second-order valence-corrected chi connectivity index (χ2v) is 10.6. The van der Waals surface area contributed by atoms with E-state index in [-0.39, 0.29) is 12.3 Å². The summed E-state index contributed by atoms with van der Waals surface area (Å²) in [6.07, 6.45) is 0.725. The molecule has 1 saturated heterocycles. The van der Waals surface area contributed by atoms with Crippen molar-refractivity contribution in [1.29, 1.82) is 0 Å². The molecule has 3 aromatic rings. The topological polar surface area (TPSA) is 85.8 Å². The van der Waals surface area contributed by atoms with Crippen LogP contribution in [0.4, 0.5) is 5.69 Å². The van der Waals surface area contributed by atoms with Crippen molar-refractivity contribution in [2.75, 3.05) is 32.1 Å². The minimum atomic E-state index is -0.951. The Kier molecular flexibility index (Phi) is 5.58. The van der Waals surface area contributed by atoms with Crippen molar-refractivity contribution in [2.45, 2.75) is 31.8 Å². The molecular formula is C25H28N4O3S. The molecule has 33 heavy (non-hydrogen) atoms. The van der Waals surface area contributed by atoms with Crippen molar-refractivity contribution >= 4 is 39.1 Å². The fourth-order valence-corrected chi connectivity index (χ4v) is 5.86. The first-order valence-electron chi connectivity index (χ1n) is 11.2. The number of carboxylic acids is 1. The number of carboxylic acid groups (broad SMARTS) is 1. The maximum absolute atomic E-state index is 13.2. The lowest BCUT2D eigenvalue weighted by Crippen LogP contribution is -2.57. The van der Waals surface area contributed by atoms with Gasteiger partial charge in [-0.2, -0.15) is 0 Å². The molecule has 0 atom stereocenters. The van der Waals surface area contributed by atoms with Crippen LogP contribution in [0.1, 0.15) is 22.6 Å². The Morgan fingerprint density at radius 1 is 1.18 bits per heavy atom. The van der Waals surface area contributed by atoms with Gasteiger partial charge in [0.05, 0.1) is 28.6 Å². The zero-order chi connectivity index (χ0) is 23.2. The van der Waals surface area contributed by atoms with Crippen LogP contribution in [-0.2, 0) is 29.0 Å². The van der Waals surface area contributed by atoms with Gasteiger partial charge < -0.3 is 20.2 Å². The third kappa shape index (κ3) is 4.20. The van der Waals surface area contributed by atoms with Crippen LogP contribution in [0, 0.1) is 5.41 Å². The molecule has 2 heterocycles. The highest BCUT2D eigenvalue weighted by Crippen LogP contribution is 2.40. The van der Waals surface area contributed by atoms with E-state index in [1.807, 2.05) is 30.3 Å². The van der Waals surface area contributed by atoms with Crippen molar-refractivity contribution in [3.05, 3.63) is 58.6 Å². The van der Waals surface area contributed by atoms with Crippen LogP contribution in [0.2, 0.25) is 0 Å². The molecule has 8 heteroatoms. The van der Waals surface area contributed by atoms with Crippen molar-refractivity contribution in [3.8, 4) is 0 Å². The molecule has 172 valence electrons. The molecule has 1 aromatic heterocycles. The fourth-order valence-electron chi connectivity index (χ4n) is 4.92. The summed E-state index contributed by atoms with van der Waals surface area (Å²) in [7, 11) is 4.22. The quantitative estimate of drug-likeness (QED) is 0.559. The number of amides is 1. The summed E-state index contributed by atoms with van der Waals surface area (Å²) in [4.78, 5) is 34.1. The first-order chi connectivity index (χ1) is 15.8. The van der Waals surface area contributed by atoms with Gasteiger partial charge in [0.25, 0.3) is 0 Å². The molecule has 1 aliphatic heterocycles. The summed E-state index contributed by atoms with van der Waals surface area (Å²) in [5.74, 6) is -1.16. The van der Waals surface area contributed by atoms with E-state index in [0.29, 0.717) is 25.4 Å². The molecule has 1 amide bonds. The van der Waals surface area contributed by atoms with Gasteiger partial charge in [0, 0.05) is 24.8 Å². The van der Waals surface area contributed by atoms with Crippen LogP contribution in [-0.4, -0.2) is 60.1 Å². The van der Waals surface area contributed by atoms with Gasteiger partial charge in [-0.05, 0) is 56.3 Å². The number of benzene rings is 2. The fraction of sp³-hybridized carbons (Fsp3) is 0.400. The van der Waals surface area contributed by atoms with Crippen molar-refractivity contribution < 1.29 is 14.7 Å². The van der Waals surface area contributed by atoms with E-state index in [1.54, 1.807) is 11.3 Å². The molecule has 1 fully saturated rings. The van der Waals surface area contributed by atoms with E-state index in [1.165, 1.54) is 5.69 Å². The lowest BCUT2D eigenvalue weighted by Gasteiger charge is -2.44. The predicted molar refractivity (Wildman–Crippen MR) is 130 cm³/mol. The molecule has 5 rings (SSSR count). The normalized spacial score (nSPS) is 17.2. The summed E-state index contributed by atoms with van der Waals surface area (Å²) in [5, 5.41) is 13.3. The molecule has 0 radical (unpaired) electrons. The molecular weight excluding hydrogens is 436 g/mol. The number of thiazole rings is 1. The number of rotatable bonds is 7. The number of hydrogen-bond acceptors (Lipinski definition) is 6. The Morgan fingerprint density at radius 3 is 2.52 bits per heavy atom. The number of carbonyl (C=O) groups is 2. The standard InChI is InChI=1S/C25H28N4O3S/c1-28(2)19-14-29(15-19)18-7-8-20-21(9-18)33-22(27-20)13-26-24(32)25(12-23(30)31)10-16-5-3-4-6-17(16)11-25/h3-9,19H,10-15H2,1-2H3,(H,26,32)(H,30,31). The van der Waals surface area contributed by atoms with E-state index >= 15 is 0 Å². The molecule has 2 aromatic carbocycles. The van der Waals surface area contributed by atoms with Crippen LogP contribution < -0.4 is 10.2 Å². The second-order valence-electron chi connectivity index (χ2n) is 9.44. The molecule has 2 N–H and O–H groups in total. The molecule has 0 saturated carbocycles. The minimum absolute atomic E-state index is 0.180. The number of nitrogens with one attached hydrogen (secondary N) is 1. The van der Waals surface area contributed by atoms with Gasteiger partial charge in [0.15, 0.2) is 0 Å². The Morgan fingerprint density at radius 2 is 1.88 bits per heavy atom. The summed E-state index contributed by atoms with van der Waals surface area (Å²) >= 11 is 1.58. The van der Waals surface area contributed by atoms with Gasteiger partial charge in [-0.25, -0.2) is 4.98 Å². The average Bonchev–Trinajstić information content (AvgIpc) is 3.30. The highest BCUT2D eigenvalue weighted by atomic mass is 32.1. The van der Waals surface area contributed by atoms with Crippen molar-refractivity contribution in [3.63, 3.8) is 0 Å². The first-order valence-corrected chi connectivity index (χ1v) is 12.0. The lowest BCUT2D eigenvalue weighted by atomic mass is 9.80. The van der Waals surface area contributed by atoms with E-state index in [9.17, 15) is 14.7 Å².